The normalized spacial score (nSPS) is 13.7. The second-order valence-corrected chi connectivity index (χ2v) is 8.18. The Labute approximate surface area is 198 Å². The fraction of sp³-hybridized carbons (Fsp3) is 0.360. The number of carboxylic acids is 1. The smallest absolute Gasteiger partial charge is 0.407 e. The van der Waals surface area contributed by atoms with Crippen molar-refractivity contribution in [3.8, 4) is 0 Å². The van der Waals surface area contributed by atoms with E-state index in [-0.39, 0.29) is 25.1 Å². The number of likely N-dealkylation sites (tertiary alicyclic amines) is 1. The highest BCUT2D eigenvalue weighted by atomic mass is 16.5. The highest BCUT2D eigenvalue weighted by molar-refractivity contribution is 5.96. The minimum atomic E-state index is -1.10. The van der Waals surface area contributed by atoms with E-state index >= 15 is 0 Å². The Hall–Kier alpha value is -3.88. The van der Waals surface area contributed by atoms with Crippen LogP contribution in [0.1, 0.15) is 41.3 Å². The molecule has 1 aliphatic rings. The standard InChI is InChI=1S/C25H29N3O6/c1-18(29)27-12-10-22(11-13-27)28(16-23(30)31)24(32)21-9-5-8-20(14-21)15-26-25(33)34-17-19-6-3-2-4-7-19/h2-9,14,22H,10-13,15-17H2,1H3,(H,26,33)(H,30,31). The first-order chi connectivity index (χ1) is 16.3. The highest BCUT2D eigenvalue weighted by Crippen LogP contribution is 2.20. The van der Waals surface area contributed by atoms with Crippen LogP contribution >= 0.6 is 0 Å². The number of aliphatic carboxylic acids is 1. The van der Waals surface area contributed by atoms with Crippen molar-refractivity contribution in [2.45, 2.75) is 39.0 Å². The molecule has 9 nitrogen and oxygen atoms in total. The van der Waals surface area contributed by atoms with Crippen molar-refractivity contribution in [2.24, 2.45) is 0 Å². The summed E-state index contributed by atoms with van der Waals surface area (Å²) in [4.78, 5) is 51.3. The average molecular weight is 468 g/mol. The van der Waals surface area contributed by atoms with Gasteiger partial charge in [-0.05, 0) is 36.1 Å². The van der Waals surface area contributed by atoms with E-state index in [1.165, 1.54) is 11.8 Å². The van der Waals surface area contributed by atoms with E-state index in [9.17, 15) is 24.3 Å². The molecule has 0 spiro atoms. The monoisotopic (exact) mass is 467 g/mol. The van der Waals surface area contributed by atoms with Crippen molar-refractivity contribution >= 4 is 23.9 Å². The number of carbonyl (C=O) groups excluding carboxylic acids is 3. The SMILES string of the molecule is CC(=O)N1CCC(N(CC(=O)O)C(=O)c2cccc(CNC(=O)OCc3ccccc3)c2)CC1. The van der Waals surface area contributed by atoms with E-state index in [4.69, 9.17) is 4.74 Å². The molecule has 1 heterocycles. The number of carboxylic acid groups (broad SMARTS) is 1. The molecule has 2 aromatic rings. The topological polar surface area (TPSA) is 116 Å². The minimum absolute atomic E-state index is 0.0305. The molecule has 1 fully saturated rings. The Balaban J connectivity index is 1.60. The van der Waals surface area contributed by atoms with Crippen molar-refractivity contribution in [3.63, 3.8) is 0 Å². The molecule has 180 valence electrons. The number of carbonyl (C=O) groups is 4. The molecule has 34 heavy (non-hydrogen) atoms. The van der Waals surface area contributed by atoms with Crippen molar-refractivity contribution < 1.29 is 29.0 Å². The Morgan fingerprint density at radius 3 is 2.35 bits per heavy atom. The van der Waals surface area contributed by atoms with Gasteiger partial charge in [0.25, 0.3) is 5.91 Å². The number of rotatable bonds is 8. The van der Waals surface area contributed by atoms with E-state index in [2.05, 4.69) is 5.32 Å². The van der Waals surface area contributed by atoms with Gasteiger partial charge in [0.1, 0.15) is 13.2 Å². The third-order valence-electron chi connectivity index (χ3n) is 5.74. The number of hydrogen-bond acceptors (Lipinski definition) is 5. The molecule has 0 bridgehead atoms. The molecule has 0 aromatic heterocycles. The zero-order valence-electron chi connectivity index (χ0n) is 19.1. The molecule has 0 unspecified atom stereocenters. The summed E-state index contributed by atoms with van der Waals surface area (Å²) in [6.45, 7) is 2.36. The van der Waals surface area contributed by atoms with E-state index in [1.807, 2.05) is 30.3 Å². The maximum Gasteiger partial charge on any atom is 0.407 e. The van der Waals surface area contributed by atoms with Crippen LogP contribution in [0.3, 0.4) is 0 Å². The Morgan fingerprint density at radius 1 is 1.03 bits per heavy atom. The number of alkyl carbamates (subject to hydrolysis) is 1. The van der Waals surface area contributed by atoms with Gasteiger partial charge in [-0.2, -0.15) is 0 Å². The van der Waals surface area contributed by atoms with E-state index in [1.54, 1.807) is 29.2 Å². The van der Waals surface area contributed by atoms with E-state index in [0.29, 0.717) is 37.1 Å². The third-order valence-corrected chi connectivity index (χ3v) is 5.74. The molecule has 1 aliphatic heterocycles. The third kappa shape index (κ3) is 7.06. The molecule has 0 atom stereocenters. The van der Waals surface area contributed by atoms with Crippen molar-refractivity contribution in [2.75, 3.05) is 19.6 Å². The Kier molecular flexibility index (Phi) is 8.61. The quantitative estimate of drug-likeness (QED) is 0.617. The van der Waals surface area contributed by atoms with Crippen molar-refractivity contribution in [1.82, 2.24) is 15.1 Å². The van der Waals surface area contributed by atoms with E-state index in [0.717, 1.165) is 5.56 Å². The summed E-state index contributed by atoms with van der Waals surface area (Å²) in [5, 5.41) is 12.0. The summed E-state index contributed by atoms with van der Waals surface area (Å²) in [7, 11) is 0. The van der Waals surface area contributed by atoms with Gasteiger partial charge in [0, 0.05) is 38.2 Å². The van der Waals surface area contributed by atoms with Crippen molar-refractivity contribution in [1.29, 1.82) is 0 Å². The lowest BCUT2D eigenvalue weighted by Crippen LogP contribution is -2.50. The molecule has 3 rings (SSSR count). The fourth-order valence-corrected chi connectivity index (χ4v) is 3.93. The van der Waals surface area contributed by atoms with Gasteiger partial charge in [-0.1, -0.05) is 42.5 Å². The van der Waals surface area contributed by atoms with Crippen LogP contribution in [0.5, 0.6) is 0 Å². The maximum atomic E-state index is 13.2. The first-order valence-corrected chi connectivity index (χ1v) is 11.1. The molecular formula is C25H29N3O6. The van der Waals surface area contributed by atoms with Gasteiger partial charge in [0.05, 0.1) is 0 Å². The molecule has 0 saturated carbocycles. The summed E-state index contributed by atoms with van der Waals surface area (Å²) < 4.78 is 5.20. The minimum Gasteiger partial charge on any atom is -0.480 e. The summed E-state index contributed by atoms with van der Waals surface area (Å²) in [6.07, 6.45) is 0.463. The van der Waals surface area contributed by atoms with Crippen molar-refractivity contribution in [3.05, 3.63) is 71.3 Å². The molecule has 0 aliphatic carbocycles. The lowest BCUT2D eigenvalue weighted by molar-refractivity contribution is -0.139. The predicted molar refractivity (Wildman–Crippen MR) is 124 cm³/mol. The lowest BCUT2D eigenvalue weighted by Gasteiger charge is -2.37. The number of nitrogens with one attached hydrogen (secondary N) is 1. The molecule has 2 aromatic carbocycles. The van der Waals surface area contributed by atoms with Gasteiger partial charge in [0.15, 0.2) is 0 Å². The number of nitrogens with zero attached hydrogens (tertiary/aromatic N) is 2. The lowest BCUT2D eigenvalue weighted by atomic mass is 10.0. The zero-order chi connectivity index (χ0) is 24.5. The molecule has 1 saturated heterocycles. The second kappa shape index (κ2) is 11.8. The van der Waals surface area contributed by atoms with Gasteiger partial charge in [0.2, 0.25) is 5.91 Å². The van der Waals surface area contributed by atoms with Crippen LogP contribution in [0.2, 0.25) is 0 Å². The molecule has 3 amide bonds. The number of amides is 3. The molecule has 9 heteroatoms. The summed E-state index contributed by atoms with van der Waals surface area (Å²) in [5.74, 6) is -1.52. The molecular weight excluding hydrogens is 438 g/mol. The maximum absolute atomic E-state index is 13.2. The van der Waals surface area contributed by atoms with Gasteiger partial charge in [-0.25, -0.2) is 4.79 Å². The van der Waals surface area contributed by atoms with Crippen LogP contribution < -0.4 is 5.32 Å². The van der Waals surface area contributed by atoms with E-state index < -0.39 is 24.5 Å². The number of hydrogen-bond donors (Lipinski definition) is 2. The van der Waals surface area contributed by atoms with Gasteiger partial charge < -0.3 is 25.0 Å². The highest BCUT2D eigenvalue weighted by Gasteiger charge is 2.30. The van der Waals surface area contributed by atoms with Crippen LogP contribution in [-0.4, -0.2) is 64.5 Å². The number of ether oxygens (including phenoxy) is 1. The summed E-state index contributed by atoms with van der Waals surface area (Å²) in [5.41, 5.74) is 1.90. The second-order valence-electron chi connectivity index (χ2n) is 8.18. The van der Waals surface area contributed by atoms with Gasteiger partial charge in [-0.3, -0.25) is 14.4 Å². The van der Waals surface area contributed by atoms with Crippen LogP contribution in [0.4, 0.5) is 4.79 Å². The predicted octanol–water partition coefficient (Wildman–Crippen LogP) is 2.65. The first-order valence-electron chi connectivity index (χ1n) is 11.1. The Bertz CT molecular complexity index is 1020. The molecule has 2 N–H and O–H groups in total. The van der Waals surface area contributed by atoms with Gasteiger partial charge in [-0.15, -0.1) is 0 Å². The number of benzene rings is 2. The largest absolute Gasteiger partial charge is 0.480 e. The van der Waals surface area contributed by atoms with Gasteiger partial charge >= 0.3 is 12.1 Å². The summed E-state index contributed by atoms with van der Waals surface area (Å²) >= 11 is 0. The zero-order valence-corrected chi connectivity index (χ0v) is 19.1. The van der Waals surface area contributed by atoms with Crippen LogP contribution in [0.25, 0.3) is 0 Å². The van der Waals surface area contributed by atoms with Crippen LogP contribution in [0.15, 0.2) is 54.6 Å². The number of piperidine rings is 1. The summed E-state index contributed by atoms with van der Waals surface area (Å²) in [6, 6.07) is 15.8. The Morgan fingerprint density at radius 2 is 1.71 bits per heavy atom. The fourth-order valence-electron chi connectivity index (χ4n) is 3.93. The van der Waals surface area contributed by atoms with Crippen LogP contribution in [-0.2, 0) is 27.5 Å². The van der Waals surface area contributed by atoms with Crippen LogP contribution in [0, 0.1) is 0 Å². The molecule has 0 radical (unpaired) electrons. The average Bonchev–Trinajstić information content (AvgIpc) is 2.85. The first kappa shape index (κ1) is 24.8.